The molecule has 0 amide bonds. The molecule has 1 rings (SSSR count). The molecular formula is C9H13NO. The molecule has 0 bridgehead atoms. The fourth-order valence-corrected chi connectivity index (χ4v) is 1.11. The number of hydrogen-bond donors (Lipinski definition) is 0. The third-order valence-corrected chi connectivity index (χ3v) is 1.70. The number of nitrogens with zero attached hydrogens (tertiary/aromatic N) is 1. The number of ether oxygens (including phenoxy) is 1. The molecule has 1 aromatic heterocycles. The summed E-state index contributed by atoms with van der Waals surface area (Å²) in [4.78, 5) is 0. The summed E-state index contributed by atoms with van der Waals surface area (Å²) in [5.41, 5.74) is 1.16. The summed E-state index contributed by atoms with van der Waals surface area (Å²) in [6.45, 7) is 5.51. The average molecular weight is 151 g/mol. The minimum Gasteiger partial charge on any atom is -0.493 e. The van der Waals surface area contributed by atoms with Crippen LogP contribution in [0.2, 0.25) is 0 Å². The Balaban J connectivity index is 2.74. The van der Waals surface area contributed by atoms with E-state index in [1.165, 1.54) is 6.26 Å². The van der Waals surface area contributed by atoms with Gasteiger partial charge in [-0.3, -0.25) is 0 Å². The van der Waals surface area contributed by atoms with Gasteiger partial charge in [0.05, 0.1) is 12.0 Å². The second kappa shape index (κ2) is 3.28. The molecule has 0 saturated carbocycles. The molecular weight excluding hydrogens is 138 g/mol. The minimum atomic E-state index is 0.0903. The molecule has 0 aliphatic rings. The molecule has 0 saturated heterocycles. The van der Waals surface area contributed by atoms with Crippen molar-refractivity contribution in [3.63, 3.8) is 0 Å². The second-order valence-electron chi connectivity index (χ2n) is 2.49. The Hall–Kier alpha value is -1.18. The molecule has 1 unspecified atom stereocenters. The van der Waals surface area contributed by atoms with Crippen LogP contribution in [0.15, 0.2) is 31.2 Å². The fraction of sp³-hybridized carbons (Fsp3) is 0.333. The summed E-state index contributed by atoms with van der Waals surface area (Å²) in [5, 5.41) is 0. The van der Waals surface area contributed by atoms with Crippen LogP contribution < -0.4 is 0 Å². The van der Waals surface area contributed by atoms with Gasteiger partial charge in [0.1, 0.15) is 6.10 Å². The van der Waals surface area contributed by atoms with Crippen molar-refractivity contribution in [2.45, 2.75) is 13.0 Å². The molecule has 0 fully saturated rings. The summed E-state index contributed by atoms with van der Waals surface area (Å²) >= 11 is 0. The zero-order chi connectivity index (χ0) is 8.27. The first-order valence-corrected chi connectivity index (χ1v) is 3.63. The van der Waals surface area contributed by atoms with Gasteiger partial charge in [0, 0.05) is 13.2 Å². The third-order valence-electron chi connectivity index (χ3n) is 1.70. The van der Waals surface area contributed by atoms with Gasteiger partial charge in [-0.05, 0) is 19.1 Å². The van der Waals surface area contributed by atoms with E-state index in [9.17, 15) is 0 Å². The third kappa shape index (κ3) is 1.64. The van der Waals surface area contributed by atoms with E-state index in [-0.39, 0.29) is 6.10 Å². The molecule has 0 aliphatic heterocycles. The van der Waals surface area contributed by atoms with E-state index in [1.54, 1.807) is 0 Å². The molecule has 2 nitrogen and oxygen atoms in total. The van der Waals surface area contributed by atoms with E-state index in [0.29, 0.717) is 0 Å². The normalized spacial score (nSPS) is 12.5. The van der Waals surface area contributed by atoms with Crippen LogP contribution in [0, 0.1) is 0 Å². The van der Waals surface area contributed by atoms with Crippen molar-refractivity contribution < 1.29 is 4.74 Å². The Kier molecular flexibility index (Phi) is 2.36. The molecule has 0 aliphatic carbocycles. The van der Waals surface area contributed by atoms with Crippen LogP contribution in [-0.2, 0) is 11.8 Å². The SMILES string of the molecule is C=COC(C)c1cccn1C. The lowest BCUT2D eigenvalue weighted by atomic mass is 10.3. The number of aromatic nitrogens is 1. The van der Waals surface area contributed by atoms with Crippen LogP contribution in [0.4, 0.5) is 0 Å². The quantitative estimate of drug-likeness (QED) is 0.604. The van der Waals surface area contributed by atoms with Crippen molar-refractivity contribution in [3.8, 4) is 0 Å². The Labute approximate surface area is 67.1 Å². The summed E-state index contributed by atoms with van der Waals surface area (Å²) in [7, 11) is 2.00. The maximum atomic E-state index is 5.21. The lowest BCUT2D eigenvalue weighted by Gasteiger charge is -2.11. The molecule has 0 spiro atoms. The first-order chi connectivity index (χ1) is 5.25. The van der Waals surface area contributed by atoms with Crippen LogP contribution in [0.3, 0.4) is 0 Å². The van der Waals surface area contributed by atoms with E-state index in [4.69, 9.17) is 4.74 Å². The van der Waals surface area contributed by atoms with E-state index in [0.717, 1.165) is 5.69 Å². The van der Waals surface area contributed by atoms with Gasteiger partial charge >= 0.3 is 0 Å². The monoisotopic (exact) mass is 151 g/mol. The smallest absolute Gasteiger partial charge is 0.135 e. The molecule has 60 valence electrons. The van der Waals surface area contributed by atoms with Gasteiger partial charge < -0.3 is 9.30 Å². The molecule has 1 heterocycles. The maximum Gasteiger partial charge on any atom is 0.135 e. The molecule has 1 aromatic rings. The van der Waals surface area contributed by atoms with Gasteiger partial charge in [0.2, 0.25) is 0 Å². The van der Waals surface area contributed by atoms with Crippen LogP contribution >= 0.6 is 0 Å². The zero-order valence-electron chi connectivity index (χ0n) is 6.95. The zero-order valence-corrected chi connectivity index (χ0v) is 6.95. The highest BCUT2D eigenvalue weighted by molar-refractivity contribution is 5.09. The lowest BCUT2D eigenvalue weighted by Crippen LogP contribution is -2.01. The predicted octanol–water partition coefficient (Wildman–Crippen LogP) is 2.25. The highest BCUT2D eigenvalue weighted by atomic mass is 16.5. The first kappa shape index (κ1) is 7.92. The average Bonchev–Trinajstić information content (AvgIpc) is 2.36. The molecule has 1 atom stereocenters. The van der Waals surface area contributed by atoms with Gasteiger partial charge in [0.15, 0.2) is 0 Å². The van der Waals surface area contributed by atoms with Crippen LogP contribution in [0.5, 0.6) is 0 Å². The van der Waals surface area contributed by atoms with Crippen molar-refractivity contribution in [2.75, 3.05) is 0 Å². The lowest BCUT2D eigenvalue weighted by molar-refractivity contribution is 0.158. The van der Waals surface area contributed by atoms with Gasteiger partial charge in [-0.1, -0.05) is 6.58 Å². The number of rotatable bonds is 3. The molecule has 2 heteroatoms. The standard InChI is InChI=1S/C9H13NO/c1-4-11-8(2)9-6-5-7-10(9)3/h4-8H,1H2,2-3H3. The topological polar surface area (TPSA) is 14.2 Å². The van der Waals surface area contributed by atoms with Crippen LogP contribution in [0.25, 0.3) is 0 Å². The van der Waals surface area contributed by atoms with Gasteiger partial charge in [0.25, 0.3) is 0 Å². The van der Waals surface area contributed by atoms with Crippen molar-refractivity contribution in [1.29, 1.82) is 0 Å². The maximum absolute atomic E-state index is 5.21. The molecule has 0 N–H and O–H groups in total. The Bertz CT molecular complexity index is 239. The van der Waals surface area contributed by atoms with Gasteiger partial charge in [-0.25, -0.2) is 0 Å². The summed E-state index contributed by atoms with van der Waals surface area (Å²) in [6.07, 6.45) is 3.56. The minimum absolute atomic E-state index is 0.0903. The van der Waals surface area contributed by atoms with Crippen molar-refractivity contribution in [2.24, 2.45) is 7.05 Å². The van der Waals surface area contributed by atoms with Crippen molar-refractivity contribution in [1.82, 2.24) is 4.57 Å². The second-order valence-corrected chi connectivity index (χ2v) is 2.49. The van der Waals surface area contributed by atoms with Crippen LogP contribution in [-0.4, -0.2) is 4.57 Å². The summed E-state index contributed by atoms with van der Waals surface area (Å²) in [5.74, 6) is 0. The summed E-state index contributed by atoms with van der Waals surface area (Å²) < 4.78 is 7.25. The number of aryl methyl sites for hydroxylation is 1. The highest BCUT2D eigenvalue weighted by Gasteiger charge is 2.06. The highest BCUT2D eigenvalue weighted by Crippen LogP contribution is 2.15. The fourth-order valence-electron chi connectivity index (χ4n) is 1.11. The van der Waals surface area contributed by atoms with Gasteiger partial charge in [-0.2, -0.15) is 0 Å². The largest absolute Gasteiger partial charge is 0.493 e. The molecule has 0 radical (unpaired) electrons. The molecule has 0 aromatic carbocycles. The predicted molar refractivity (Wildman–Crippen MR) is 45.1 cm³/mol. The Morgan fingerprint density at radius 2 is 2.45 bits per heavy atom. The van der Waals surface area contributed by atoms with Crippen LogP contribution in [0.1, 0.15) is 18.7 Å². The van der Waals surface area contributed by atoms with Gasteiger partial charge in [-0.15, -0.1) is 0 Å². The Morgan fingerprint density at radius 1 is 1.73 bits per heavy atom. The Morgan fingerprint density at radius 3 is 2.91 bits per heavy atom. The first-order valence-electron chi connectivity index (χ1n) is 3.63. The molecule has 11 heavy (non-hydrogen) atoms. The number of hydrogen-bond acceptors (Lipinski definition) is 1. The van der Waals surface area contributed by atoms with E-state index in [2.05, 4.69) is 6.58 Å². The van der Waals surface area contributed by atoms with E-state index >= 15 is 0 Å². The van der Waals surface area contributed by atoms with E-state index in [1.807, 2.05) is 36.9 Å². The summed E-state index contributed by atoms with van der Waals surface area (Å²) in [6, 6.07) is 4.03. The van der Waals surface area contributed by atoms with E-state index < -0.39 is 0 Å². The van der Waals surface area contributed by atoms with Crippen molar-refractivity contribution >= 4 is 0 Å². The van der Waals surface area contributed by atoms with Crippen molar-refractivity contribution in [3.05, 3.63) is 36.9 Å².